The zero-order chi connectivity index (χ0) is 17.0. The van der Waals surface area contributed by atoms with Crippen molar-refractivity contribution >= 4 is 10.2 Å². The number of fused-ring (bicyclic) bond motifs is 3. The van der Waals surface area contributed by atoms with E-state index >= 15 is 0 Å². The Morgan fingerprint density at radius 1 is 0.870 bits per heavy atom. The third kappa shape index (κ3) is 3.09. The van der Waals surface area contributed by atoms with Gasteiger partial charge in [0.25, 0.3) is 0 Å². The molecule has 1 aromatic carbocycles. The molecule has 132 valence electrons. The minimum Gasteiger partial charge on any atom is -0.375 e. The van der Waals surface area contributed by atoms with Crippen LogP contribution in [0, 0.1) is 0 Å². The standard InChI is InChI=1S/C16H21F5OS/c1-2-22-16-10-7-15(8-11-16,9-12-16)13-3-5-14(6-4-13)23(17,18,19,20)21/h3-6H,2,7-12H2,1H3. The van der Waals surface area contributed by atoms with Crippen molar-refractivity contribution in [3.8, 4) is 0 Å². The van der Waals surface area contributed by atoms with Crippen LogP contribution in [-0.4, -0.2) is 12.2 Å². The van der Waals surface area contributed by atoms with Crippen molar-refractivity contribution in [1.29, 1.82) is 0 Å². The molecule has 23 heavy (non-hydrogen) atoms. The second-order valence-electron chi connectivity index (χ2n) is 6.89. The molecule has 0 atom stereocenters. The third-order valence-corrected chi connectivity index (χ3v) is 6.70. The van der Waals surface area contributed by atoms with Crippen LogP contribution in [0.25, 0.3) is 0 Å². The van der Waals surface area contributed by atoms with Gasteiger partial charge in [0, 0.05) is 6.61 Å². The average Bonchev–Trinajstić information content (AvgIpc) is 2.47. The van der Waals surface area contributed by atoms with Gasteiger partial charge >= 0.3 is 10.2 Å². The molecule has 0 aromatic heterocycles. The summed E-state index contributed by atoms with van der Waals surface area (Å²) in [6.45, 7) is 2.62. The molecule has 0 N–H and O–H groups in total. The largest absolute Gasteiger partial charge is 0.375 e. The quantitative estimate of drug-likeness (QED) is 0.544. The summed E-state index contributed by atoms with van der Waals surface area (Å²) in [5.41, 5.74) is 0.475. The maximum atomic E-state index is 12.8. The second kappa shape index (κ2) is 4.42. The van der Waals surface area contributed by atoms with Gasteiger partial charge in [-0.2, -0.15) is 0 Å². The first-order valence-electron chi connectivity index (χ1n) is 7.87. The van der Waals surface area contributed by atoms with E-state index in [0.717, 1.165) is 44.1 Å². The van der Waals surface area contributed by atoms with E-state index in [1.807, 2.05) is 6.92 Å². The zero-order valence-corrected chi connectivity index (χ0v) is 13.8. The molecule has 4 rings (SSSR count). The fourth-order valence-electron chi connectivity index (χ4n) is 4.17. The van der Waals surface area contributed by atoms with Gasteiger partial charge in [0.1, 0.15) is 4.90 Å². The van der Waals surface area contributed by atoms with E-state index in [1.54, 1.807) is 0 Å². The Bertz CT molecular complexity index is 583. The molecular formula is C16H21F5OS. The highest BCUT2D eigenvalue weighted by Crippen LogP contribution is 3.02. The van der Waals surface area contributed by atoms with Gasteiger partial charge in [-0.05, 0) is 68.6 Å². The summed E-state index contributed by atoms with van der Waals surface area (Å²) in [6.07, 6.45) is 5.15. The Labute approximate surface area is 132 Å². The number of hydrogen-bond acceptors (Lipinski definition) is 1. The molecule has 0 amide bonds. The zero-order valence-electron chi connectivity index (χ0n) is 13.0. The molecule has 0 aliphatic heterocycles. The molecule has 3 aliphatic rings. The van der Waals surface area contributed by atoms with Crippen LogP contribution in [0.15, 0.2) is 29.2 Å². The molecule has 3 fully saturated rings. The molecule has 0 radical (unpaired) electrons. The first kappa shape index (κ1) is 17.0. The summed E-state index contributed by atoms with van der Waals surface area (Å²) in [6, 6.07) is 3.58. The molecule has 2 bridgehead atoms. The topological polar surface area (TPSA) is 9.23 Å². The monoisotopic (exact) mass is 356 g/mol. The summed E-state index contributed by atoms with van der Waals surface area (Å²) >= 11 is 0. The van der Waals surface area contributed by atoms with Gasteiger partial charge in [-0.3, -0.25) is 0 Å². The molecule has 7 heteroatoms. The molecule has 0 spiro atoms. The van der Waals surface area contributed by atoms with Gasteiger partial charge in [-0.15, -0.1) is 0 Å². The van der Waals surface area contributed by atoms with Crippen molar-refractivity contribution in [2.45, 2.75) is 61.4 Å². The van der Waals surface area contributed by atoms with E-state index in [-0.39, 0.29) is 11.0 Å². The lowest BCUT2D eigenvalue weighted by Gasteiger charge is -2.53. The molecule has 0 unspecified atom stereocenters. The maximum Gasteiger partial charge on any atom is 0.310 e. The highest BCUT2D eigenvalue weighted by atomic mass is 32.5. The van der Waals surface area contributed by atoms with Crippen LogP contribution in [-0.2, 0) is 10.2 Å². The van der Waals surface area contributed by atoms with E-state index in [4.69, 9.17) is 4.74 Å². The van der Waals surface area contributed by atoms with Crippen molar-refractivity contribution in [3.63, 3.8) is 0 Å². The van der Waals surface area contributed by atoms with Crippen molar-refractivity contribution in [1.82, 2.24) is 0 Å². The number of benzene rings is 1. The lowest BCUT2D eigenvalue weighted by atomic mass is 9.56. The van der Waals surface area contributed by atoms with Crippen LogP contribution in [0.1, 0.15) is 51.0 Å². The summed E-state index contributed by atoms with van der Waals surface area (Å²) in [5, 5.41) is 0. The Hall–Kier alpha value is -0.820. The van der Waals surface area contributed by atoms with Gasteiger partial charge < -0.3 is 4.74 Å². The smallest absolute Gasteiger partial charge is 0.310 e. The first-order chi connectivity index (χ1) is 10.4. The fraction of sp³-hybridized carbons (Fsp3) is 0.625. The van der Waals surface area contributed by atoms with E-state index in [0.29, 0.717) is 18.7 Å². The van der Waals surface area contributed by atoms with Crippen LogP contribution in [0.2, 0.25) is 0 Å². The van der Waals surface area contributed by atoms with Gasteiger partial charge in [-0.25, -0.2) is 0 Å². The Balaban J connectivity index is 1.85. The Morgan fingerprint density at radius 3 is 1.74 bits per heavy atom. The number of rotatable bonds is 4. The summed E-state index contributed by atoms with van der Waals surface area (Å²) in [5.74, 6) is 0. The van der Waals surface area contributed by atoms with Gasteiger partial charge in [0.2, 0.25) is 0 Å². The molecule has 3 saturated carbocycles. The Kier molecular flexibility index (Phi) is 3.27. The predicted octanol–water partition coefficient (Wildman–Crippen LogP) is 6.72. The lowest BCUT2D eigenvalue weighted by molar-refractivity contribution is -0.114. The SMILES string of the molecule is CCOC12CCC(c3ccc(S(F)(F)(F)(F)F)cc3)(CC1)CC2. The minimum atomic E-state index is -9.58. The van der Waals surface area contributed by atoms with Gasteiger partial charge in [0.05, 0.1) is 5.60 Å². The predicted molar refractivity (Wildman–Crippen MR) is 81.6 cm³/mol. The number of halogens is 5. The molecule has 3 aliphatic carbocycles. The highest BCUT2D eigenvalue weighted by Gasteiger charge is 2.65. The van der Waals surface area contributed by atoms with E-state index < -0.39 is 15.1 Å². The molecular weight excluding hydrogens is 335 g/mol. The molecule has 0 heterocycles. The van der Waals surface area contributed by atoms with E-state index in [1.165, 1.54) is 12.1 Å². The van der Waals surface area contributed by atoms with Crippen molar-refractivity contribution in [2.75, 3.05) is 6.61 Å². The minimum absolute atomic E-state index is 0.0831. The van der Waals surface area contributed by atoms with Crippen LogP contribution in [0.3, 0.4) is 0 Å². The number of hydrogen-bond donors (Lipinski definition) is 0. The maximum absolute atomic E-state index is 12.8. The van der Waals surface area contributed by atoms with Crippen molar-refractivity contribution in [2.24, 2.45) is 0 Å². The first-order valence-corrected chi connectivity index (χ1v) is 9.82. The molecule has 0 saturated heterocycles. The van der Waals surface area contributed by atoms with Crippen LogP contribution in [0.5, 0.6) is 0 Å². The van der Waals surface area contributed by atoms with Crippen LogP contribution in [0.4, 0.5) is 19.4 Å². The molecule has 1 nitrogen and oxygen atoms in total. The normalized spacial score (nSPS) is 34.0. The van der Waals surface area contributed by atoms with Gasteiger partial charge in [-0.1, -0.05) is 31.6 Å². The molecule has 1 aromatic rings. The van der Waals surface area contributed by atoms with Gasteiger partial charge in [0.15, 0.2) is 0 Å². The van der Waals surface area contributed by atoms with E-state index in [2.05, 4.69) is 0 Å². The van der Waals surface area contributed by atoms with Crippen LogP contribution >= 0.6 is 10.2 Å². The third-order valence-electron chi connectivity index (χ3n) is 5.54. The van der Waals surface area contributed by atoms with Crippen LogP contribution < -0.4 is 0 Å². The Morgan fingerprint density at radius 2 is 1.35 bits per heavy atom. The highest BCUT2D eigenvalue weighted by molar-refractivity contribution is 8.45. The summed E-state index contributed by atoms with van der Waals surface area (Å²) in [7, 11) is -9.58. The van der Waals surface area contributed by atoms with Crippen molar-refractivity contribution < 1.29 is 24.2 Å². The average molecular weight is 356 g/mol. The summed E-state index contributed by atoms with van der Waals surface area (Å²) < 4.78 is 70.0. The van der Waals surface area contributed by atoms with Crippen molar-refractivity contribution in [3.05, 3.63) is 29.8 Å². The fourth-order valence-corrected chi connectivity index (χ4v) is 4.82. The van der Waals surface area contributed by atoms with E-state index in [9.17, 15) is 19.4 Å². The number of ether oxygens (including phenoxy) is 1. The summed E-state index contributed by atoms with van der Waals surface area (Å²) in [4.78, 5) is -1.81. The lowest BCUT2D eigenvalue weighted by Crippen LogP contribution is -2.49. The second-order valence-corrected chi connectivity index (χ2v) is 9.30.